The number of hydrogen-bond donors (Lipinski definition) is 2. The molecule has 0 aliphatic heterocycles. The van der Waals surface area contributed by atoms with Gasteiger partial charge in [0.05, 0.1) is 0 Å². The Balaban J connectivity index is 1.61. The molecule has 1 saturated carbocycles. The summed E-state index contributed by atoms with van der Waals surface area (Å²) in [6, 6.07) is 15.0. The molecule has 0 spiro atoms. The van der Waals surface area contributed by atoms with Crippen LogP contribution in [0.1, 0.15) is 68.1 Å². The van der Waals surface area contributed by atoms with Gasteiger partial charge in [-0.25, -0.2) is 0 Å². The van der Waals surface area contributed by atoms with Crippen LogP contribution in [0.3, 0.4) is 0 Å². The summed E-state index contributed by atoms with van der Waals surface area (Å²) in [5.41, 5.74) is 17.3. The molecular weight excluding hydrogens is 292 g/mol. The number of benzene rings is 2. The van der Waals surface area contributed by atoms with Gasteiger partial charge in [-0.05, 0) is 78.8 Å². The van der Waals surface area contributed by atoms with E-state index in [2.05, 4.69) is 31.2 Å². The lowest BCUT2D eigenvalue weighted by atomic mass is 9.77. The van der Waals surface area contributed by atoms with Crippen molar-refractivity contribution in [1.29, 1.82) is 0 Å². The highest BCUT2D eigenvalue weighted by Crippen LogP contribution is 2.37. The average Bonchev–Trinajstić information content (AvgIpc) is 2.56. The summed E-state index contributed by atoms with van der Waals surface area (Å²) >= 11 is 0. The zero-order chi connectivity index (χ0) is 16.9. The first kappa shape index (κ1) is 16.9. The predicted molar refractivity (Wildman–Crippen MR) is 104 cm³/mol. The number of rotatable bonds is 5. The third kappa shape index (κ3) is 4.31. The van der Waals surface area contributed by atoms with Crippen molar-refractivity contribution in [1.82, 2.24) is 0 Å². The predicted octanol–water partition coefficient (Wildman–Crippen LogP) is 5.52. The van der Waals surface area contributed by atoms with Crippen molar-refractivity contribution in [2.24, 2.45) is 5.92 Å². The van der Waals surface area contributed by atoms with Crippen LogP contribution in [-0.4, -0.2) is 0 Å². The van der Waals surface area contributed by atoms with E-state index in [1.165, 1.54) is 55.2 Å². The molecule has 0 amide bonds. The van der Waals surface area contributed by atoms with E-state index in [0.29, 0.717) is 0 Å². The van der Waals surface area contributed by atoms with E-state index in [1.54, 1.807) is 0 Å². The highest BCUT2D eigenvalue weighted by Gasteiger charge is 2.21. The van der Waals surface area contributed by atoms with Crippen molar-refractivity contribution in [2.45, 2.75) is 57.8 Å². The van der Waals surface area contributed by atoms with Crippen LogP contribution in [0, 0.1) is 5.92 Å². The van der Waals surface area contributed by atoms with Gasteiger partial charge in [-0.2, -0.15) is 0 Å². The molecule has 2 nitrogen and oxygen atoms in total. The van der Waals surface area contributed by atoms with Crippen LogP contribution in [0.4, 0.5) is 11.4 Å². The Hall–Kier alpha value is -1.96. The highest BCUT2D eigenvalue weighted by molar-refractivity contribution is 5.55. The summed E-state index contributed by atoms with van der Waals surface area (Å²) in [5.74, 6) is 1.73. The molecule has 1 aliphatic carbocycles. The topological polar surface area (TPSA) is 52.0 Å². The maximum absolute atomic E-state index is 5.89. The monoisotopic (exact) mass is 322 g/mol. The van der Waals surface area contributed by atoms with E-state index in [0.717, 1.165) is 29.6 Å². The fourth-order valence-electron chi connectivity index (χ4n) is 4.18. The molecule has 2 heteroatoms. The van der Waals surface area contributed by atoms with Gasteiger partial charge >= 0.3 is 0 Å². The maximum Gasteiger partial charge on any atom is 0.0337 e. The minimum absolute atomic E-state index is 0.741. The molecule has 1 aliphatic rings. The molecule has 24 heavy (non-hydrogen) atoms. The lowest BCUT2D eigenvalue weighted by Gasteiger charge is -2.28. The van der Waals surface area contributed by atoms with Crippen LogP contribution in [0.15, 0.2) is 42.5 Å². The Morgan fingerprint density at radius 1 is 0.833 bits per heavy atom. The molecule has 0 unspecified atom stereocenters. The summed E-state index contributed by atoms with van der Waals surface area (Å²) in [7, 11) is 0. The molecule has 2 aromatic rings. The normalized spacial score (nSPS) is 20.9. The van der Waals surface area contributed by atoms with Gasteiger partial charge in [-0.1, -0.05) is 44.0 Å². The van der Waals surface area contributed by atoms with Crippen molar-refractivity contribution in [3.8, 4) is 0 Å². The lowest BCUT2D eigenvalue weighted by molar-refractivity contribution is 0.308. The van der Waals surface area contributed by atoms with Gasteiger partial charge < -0.3 is 11.5 Å². The molecule has 3 rings (SSSR count). The average molecular weight is 322 g/mol. The largest absolute Gasteiger partial charge is 0.399 e. The van der Waals surface area contributed by atoms with Gasteiger partial charge in [0.15, 0.2) is 0 Å². The van der Waals surface area contributed by atoms with E-state index < -0.39 is 0 Å². The third-order valence-corrected chi connectivity index (χ3v) is 5.44. The van der Waals surface area contributed by atoms with Crippen molar-refractivity contribution in [3.05, 3.63) is 59.2 Å². The van der Waals surface area contributed by atoms with Crippen molar-refractivity contribution in [2.75, 3.05) is 11.5 Å². The molecule has 4 N–H and O–H groups in total. The summed E-state index contributed by atoms with van der Waals surface area (Å²) in [6.45, 7) is 2.30. The lowest BCUT2D eigenvalue weighted by Crippen LogP contribution is -2.13. The van der Waals surface area contributed by atoms with Crippen LogP contribution >= 0.6 is 0 Å². The van der Waals surface area contributed by atoms with Crippen LogP contribution in [0.2, 0.25) is 0 Å². The minimum atomic E-state index is 0.741. The van der Waals surface area contributed by atoms with Crippen molar-refractivity contribution >= 4 is 11.4 Å². The second kappa shape index (κ2) is 7.74. The zero-order valence-electron chi connectivity index (χ0n) is 14.8. The smallest absolute Gasteiger partial charge is 0.0337 e. The third-order valence-electron chi connectivity index (χ3n) is 5.44. The molecule has 0 saturated heterocycles. The molecule has 0 radical (unpaired) electrons. The molecule has 128 valence electrons. The summed E-state index contributed by atoms with van der Waals surface area (Å²) in [5, 5.41) is 0. The first-order valence-corrected chi connectivity index (χ1v) is 9.37. The van der Waals surface area contributed by atoms with Gasteiger partial charge in [0.2, 0.25) is 0 Å². The van der Waals surface area contributed by atoms with Crippen molar-refractivity contribution < 1.29 is 0 Å². The Morgan fingerprint density at radius 3 is 2.04 bits per heavy atom. The van der Waals surface area contributed by atoms with E-state index in [4.69, 9.17) is 11.5 Å². The molecule has 0 heterocycles. The minimum Gasteiger partial charge on any atom is -0.399 e. The first-order valence-electron chi connectivity index (χ1n) is 9.37. The van der Waals surface area contributed by atoms with E-state index in [1.807, 2.05) is 18.2 Å². The molecule has 1 fully saturated rings. The maximum atomic E-state index is 5.89. The molecule has 0 bridgehead atoms. The number of nitrogens with two attached hydrogens (primary N) is 2. The van der Waals surface area contributed by atoms with Crippen LogP contribution < -0.4 is 11.5 Å². The standard InChI is InChI=1S/C22H30N2/c1-2-3-16-4-8-19(9-5-16)20-10-6-17(7-11-20)12-18-13-21(23)15-22(24)14-18/h6-7,10-11,13-16,19H,2-5,8-9,12,23-24H2,1H3. The quantitative estimate of drug-likeness (QED) is 0.712. The molecule has 0 atom stereocenters. The Labute approximate surface area is 146 Å². The van der Waals surface area contributed by atoms with Crippen molar-refractivity contribution in [3.63, 3.8) is 0 Å². The van der Waals surface area contributed by atoms with E-state index in [-0.39, 0.29) is 0 Å². The molecule has 0 aromatic heterocycles. The van der Waals surface area contributed by atoms with Gasteiger partial charge in [0.1, 0.15) is 0 Å². The number of hydrogen-bond acceptors (Lipinski definition) is 2. The fourth-order valence-corrected chi connectivity index (χ4v) is 4.18. The van der Waals surface area contributed by atoms with Gasteiger partial charge in [0.25, 0.3) is 0 Å². The van der Waals surface area contributed by atoms with Crippen LogP contribution in [-0.2, 0) is 6.42 Å². The van der Waals surface area contributed by atoms with Gasteiger partial charge in [-0.15, -0.1) is 0 Å². The first-order chi connectivity index (χ1) is 11.6. The van der Waals surface area contributed by atoms with Gasteiger partial charge in [0, 0.05) is 11.4 Å². The van der Waals surface area contributed by atoms with E-state index in [9.17, 15) is 0 Å². The van der Waals surface area contributed by atoms with E-state index >= 15 is 0 Å². The highest BCUT2D eigenvalue weighted by atomic mass is 14.6. The Bertz CT molecular complexity index is 632. The number of anilines is 2. The SMILES string of the molecule is CCCC1CCC(c2ccc(Cc3cc(N)cc(N)c3)cc2)CC1. The van der Waals surface area contributed by atoms with Gasteiger partial charge in [-0.3, -0.25) is 0 Å². The Kier molecular flexibility index (Phi) is 5.44. The number of nitrogen functional groups attached to an aromatic ring is 2. The second-order valence-electron chi connectivity index (χ2n) is 7.43. The fraction of sp³-hybridized carbons (Fsp3) is 0.455. The van der Waals surface area contributed by atoms with Crippen LogP contribution in [0.5, 0.6) is 0 Å². The molecule has 2 aromatic carbocycles. The summed E-state index contributed by atoms with van der Waals surface area (Å²) in [4.78, 5) is 0. The Morgan fingerprint density at radius 2 is 1.46 bits per heavy atom. The van der Waals surface area contributed by atoms with Crippen LogP contribution in [0.25, 0.3) is 0 Å². The molecular formula is C22H30N2. The summed E-state index contributed by atoms with van der Waals surface area (Å²) in [6.07, 6.45) is 9.16. The second-order valence-corrected chi connectivity index (χ2v) is 7.43. The summed E-state index contributed by atoms with van der Waals surface area (Å²) < 4.78 is 0. The zero-order valence-corrected chi connectivity index (χ0v) is 14.8.